The molecule has 1 amide bonds. The number of carbonyl (C=O) groups is 2. The van der Waals surface area contributed by atoms with Crippen LogP contribution in [0.5, 0.6) is 0 Å². The van der Waals surface area contributed by atoms with E-state index in [9.17, 15) is 9.59 Å². The summed E-state index contributed by atoms with van der Waals surface area (Å²) in [5, 5.41) is 8.68. The molecule has 4 heteroatoms. The number of rotatable bonds is 4. The highest BCUT2D eigenvalue weighted by Crippen LogP contribution is 2.19. The van der Waals surface area contributed by atoms with E-state index in [1.54, 1.807) is 0 Å². The highest BCUT2D eigenvalue weighted by atomic mass is 16.4. The fourth-order valence-electron chi connectivity index (χ4n) is 2.28. The number of hydrogen-bond acceptors (Lipinski definition) is 2. The molecule has 1 heterocycles. The van der Waals surface area contributed by atoms with E-state index in [0.717, 1.165) is 17.7 Å². The number of carbonyl (C=O) groups excluding carboxylic acids is 1. The predicted molar refractivity (Wildman–Crippen MR) is 67.0 cm³/mol. The first-order valence-corrected chi connectivity index (χ1v) is 6.12. The van der Waals surface area contributed by atoms with Gasteiger partial charge in [-0.3, -0.25) is 9.59 Å². The monoisotopic (exact) mass is 247 g/mol. The lowest BCUT2D eigenvalue weighted by Gasteiger charge is -2.16. The highest BCUT2D eigenvalue weighted by molar-refractivity contribution is 5.78. The van der Waals surface area contributed by atoms with E-state index < -0.39 is 5.97 Å². The molecular weight excluding hydrogens is 230 g/mol. The Morgan fingerprint density at radius 3 is 2.44 bits per heavy atom. The fraction of sp³-hybridized carbons (Fsp3) is 0.429. The van der Waals surface area contributed by atoms with Gasteiger partial charge in [0.1, 0.15) is 0 Å². The first kappa shape index (κ1) is 12.6. The van der Waals surface area contributed by atoms with Crippen LogP contribution in [0.15, 0.2) is 24.3 Å². The van der Waals surface area contributed by atoms with Gasteiger partial charge in [0, 0.05) is 19.5 Å². The Balaban J connectivity index is 1.98. The topological polar surface area (TPSA) is 57.6 Å². The molecule has 0 bridgehead atoms. The molecule has 1 unspecified atom stereocenters. The Hall–Kier alpha value is -1.84. The summed E-state index contributed by atoms with van der Waals surface area (Å²) in [6, 6.07) is 7.42. The Labute approximate surface area is 106 Å². The van der Waals surface area contributed by atoms with E-state index in [4.69, 9.17) is 5.11 Å². The lowest BCUT2D eigenvalue weighted by molar-refractivity contribution is -0.136. The van der Waals surface area contributed by atoms with Gasteiger partial charge in [-0.1, -0.05) is 31.2 Å². The second-order valence-corrected chi connectivity index (χ2v) is 4.97. The molecule has 1 atom stereocenters. The second-order valence-electron chi connectivity index (χ2n) is 4.97. The summed E-state index contributed by atoms with van der Waals surface area (Å²) in [5.41, 5.74) is 1.83. The van der Waals surface area contributed by atoms with Gasteiger partial charge >= 0.3 is 5.97 Å². The Morgan fingerprint density at radius 1 is 1.33 bits per heavy atom. The van der Waals surface area contributed by atoms with Gasteiger partial charge in [-0.2, -0.15) is 0 Å². The Bertz CT molecular complexity index is 453. The number of nitrogens with zero attached hydrogens (tertiary/aromatic N) is 1. The SMILES string of the molecule is CC1CC(=O)N(Cc2ccc(CC(=O)O)cc2)C1. The fourth-order valence-corrected chi connectivity index (χ4v) is 2.28. The quantitative estimate of drug-likeness (QED) is 0.880. The molecule has 1 aliphatic heterocycles. The zero-order valence-electron chi connectivity index (χ0n) is 10.4. The van der Waals surface area contributed by atoms with Crippen molar-refractivity contribution < 1.29 is 14.7 Å². The normalized spacial score (nSPS) is 19.3. The number of carboxylic acid groups (broad SMARTS) is 1. The van der Waals surface area contributed by atoms with Crippen LogP contribution in [0.4, 0.5) is 0 Å². The van der Waals surface area contributed by atoms with E-state index in [0.29, 0.717) is 18.9 Å². The standard InChI is InChI=1S/C14H17NO3/c1-10-6-13(16)15(8-10)9-12-4-2-11(3-5-12)7-14(17)18/h2-5,10H,6-9H2,1H3,(H,17,18). The summed E-state index contributed by atoms with van der Waals surface area (Å²) < 4.78 is 0. The predicted octanol–water partition coefficient (Wildman–Crippen LogP) is 1.68. The van der Waals surface area contributed by atoms with Crippen molar-refractivity contribution in [2.75, 3.05) is 6.54 Å². The number of amides is 1. The van der Waals surface area contributed by atoms with Crippen LogP contribution >= 0.6 is 0 Å². The van der Waals surface area contributed by atoms with Crippen molar-refractivity contribution in [3.63, 3.8) is 0 Å². The van der Waals surface area contributed by atoms with Crippen molar-refractivity contribution in [2.24, 2.45) is 5.92 Å². The zero-order valence-corrected chi connectivity index (χ0v) is 10.4. The summed E-state index contributed by atoms with van der Waals surface area (Å²) in [7, 11) is 0. The summed E-state index contributed by atoms with van der Waals surface area (Å²) >= 11 is 0. The minimum absolute atomic E-state index is 0.0416. The maximum Gasteiger partial charge on any atom is 0.307 e. The number of carboxylic acids is 1. The van der Waals surface area contributed by atoms with Crippen LogP contribution in [0.2, 0.25) is 0 Å². The van der Waals surface area contributed by atoms with Gasteiger partial charge in [-0.25, -0.2) is 0 Å². The third-order valence-corrected chi connectivity index (χ3v) is 3.16. The Kier molecular flexibility index (Phi) is 3.65. The smallest absolute Gasteiger partial charge is 0.307 e. The van der Waals surface area contributed by atoms with E-state index in [-0.39, 0.29) is 12.3 Å². The lowest BCUT2D eigenvalue weighted by Crippen LogP contribution is -2.24. The molecule has 18 heavy (non-hydrogen) atoms. The minimum Gasteiger partial charge on any atom is -0.481 e. The van der Waals surface area contributed by atoms with Crippen molar-refractivity contribution in [2.45, 2.75) is 26.3 Å². The van der Waals surface area contributed by atoms with Gasteiger partial charge in [0.05, 0.1) is 6.42 Å². The van der Waals surface area contributed by atoms with Crippen LogP contribution in [0, 0.1) is 5.92 Å². The van der Waals surface area contributed by atoms with Gasteiger partial charge in [-0.15, -0.1) is 0 Å². The van der Waals surface area contributed by atoms with Crippen molar-refractivity contribution in [3.8, 4) is 0 Å². The number of hydrogen-bond donors (Lipinski definition) is 1. The van der Waals surface area contributed by atoms with E-state index in [1.807, 2.05) is 29.2 Å². The molecule has 1 saturated heterocycles. The maximum absolute atomic E-state index is 11.6. The average molecular weight is 247 g/mol. The first-order chi connectivity index (χ1) is 8.54. The molecule has 1 aromatic rings. The molecule has 0 radical (unpaired) electrons. The van der Waals surface area contributed by atoms with Crippen molar-refractivity contribution in [1.29, 1.82) is 0 Å². The molecule has 1 aromatic carbocycles. The largest absolute Gasteiger partial charge is 0.481 e. The molecule has 0 saturated carbocycles. The summed E-state index contributed by atoms with van der Waals surface area (Å²) in [6.07, 6.45) is 0.678. The highest BCUT2D eigenvalue weighted by Gasteiger charge is 2.26. The Morgan fingerprint density at radius 2 is 1.94 bits per heavy atom. The molecule has 4 nitrogen and oxygen atoms in total. The van der Waals surface area contributed by atoms with Crippen molar-refractivity contribution in [3.05, 3.63) is 35.4 Å². The molecule has 0 spiro atoms. The number of likely N-dealkylation sites (tertiary alicyclic amines) is 1. The lowest BCUT2D eigenvalue weighted by atomic mass is 10.1. The van der Waals surface area contributed by atoms with E-state index in [1.165, 1.54) is 0 Å². The summed E-state index contributed by atoms with van der Waals surface area (Å²) in [4.78, 5) is 24.1. The number of aliphatic carboxylic acids is 1. The third-order valence-electron chi connectivity index (χ3n) is 3.16. The molecule has 1 aliphatic rings. The minimum atomic E-state index is -0.828. The molecular formula is C14H17NO3. The van der Waals surface area contributed by atoms with Crippen molar-refractivity contribution in [1.82, 2.24) is 4.90 Å². The molecule has 2 rings (SSSR count). The van der Waals surface area contributed by atoms with Gasteiger partial charge < -0.3 is 10.0 Å². The third kappa shape index (κ3) is 3.09. The molecule has 1 N–H and O–H groups in total. The number of benzene rings is 1. The van der Waals surface area contributed by atoms with E-state index >= 15 is 0 Å². The van der Waals surface area contributed by atoms with Gasteiger partial charge in [0.2, 0.25) is 5.91 Å². The zero-order chi connectivity index (χ0) is 13.1. The summed E-state index contributed by atoms with van der Waals surface area (Å²) in [6.45, 7) is 3.51. The second kappa shape index (κ2) is 5.21. The van der Waals surface area contributed by atoms with E-state index in [2.05, 4.69) is 6.92 Å². The van der Waals surface area contributed by atoms with Crippen LogP contribution in [0.3, 0.4) is 0 Å². The van der Waals surface area contributed by atoms with Crippen LogP contribution in [0.25, 0.3) is 0 Å². The van der Waals surface area contributed by atoms with Crippen LogP contribution in [0.1, 0.15) is 24.5 Å². The molecule has 1 fully saturated rings. The molecule has 0 aliphatic carbocycles. The van der Waals surface area contributed by atoms with Crippen molar-refractivity contribution >= 4 is 11.9 Å². The molecule has 96 valence electrons. The summed E-state index contributed by atoms with van der Waals surface area (Å²) in [5.74, 6) is -0.188. The first-order valence-electron chi connectivity index (χ1n) is 6.12. The van der Waals surface area contributed by atoms with Crippen LogP contribution in [-0.2, 0) is 22.6 Å². The van der Waals surface area contributed by atoms with Gasteiger partial charge in [0.25, 0.3) is 0 Å². The van der Waals surface area contributed by atoms with Crippen LogP contribution < -0.4 is 0 Å². The average Bonchev–Trinajstić information content (AvgIpc) is 2.59. The maximum atomic E-state index is 11.6. The van der Waals surface area contributed by atoms with Gasteiger partial charge in [0.15, 0.2) is 0 Å². The van der Waals surface area contributed by atoms with Gasteiger partial charge in [-0.05, 0) is 17.0 Å². The molecule has 0 aromatic heterocycles. The van der Waals surface area contributed by atoms with Crippen LogP contribution in [-0.4, -0.2) is 28.4 Å².